The van der Waals surface area contributed by atoms with Crippen molar-refractivity contribution >= 4 is 14.4 Å². The maximum Gasteiger partial charge on any atom is 0.193 e. The topological polar surface area (TPSA) is 9.23 Å². The molecule has 2 heteroatoms. The standard InChI is InChI=1S/C17H26OSi/c1-6-13-17(2,3)19(4,5)18-16-12-11-14-9-7-8-10-15(14)16/h7-12,16H,6,13H2,1-5H3. The van der Waals surface area contributed by atoms with Gasteiger partial charge in [0.25, 0.3) is 0 Å². The Hall–Kier alpha value is -0.863. The van der Waals surface area contributed by atoms with Crippen molar-refractivity contribution in [1.29, 1.82) is 0 Å². The van der Waals surface area contributed by atoms with Crippen LogP contribution in [0.4, 0.5) is 0 Å². The van der Waals surface area contributed by atoms with Crippen LogP contribution in [0.15, 0.2) is 30.3 Å². The summed E-state index contributed by atoms with van der Waals surface area (Å²) < 4.78 is 6.59. The van der Waals surface area contributed by atoms with Gasteiger partial charge in [0.1, 0.15) is 0 Å². The summed E-state index contributed by atoms with van der Waals surface area (Å²) in [4.78, 5) is 0. The van der Waals surface area contributed by atoms with E-state index in [4.69, 9.17) is 4.43 Å². The number of rotatable bonds is 5. The highest BCUT2D eigenvalue weighted by Crippen LogP contribution is 2.45. The molecule has 0 amide bonds. The van der Waals surface area contributed by atoms with E-state index in [0.717, 1.165) is 0 Å². The van der Waals surface area contributed by atoms with Gasteiger partial charge in [-0.2, -0.15) is 0 Å². The summed E-state index contributed by atoms with van der Waals surface area (Å²) in [6, 6.07) is 8.56. The molecule has 104 valence electrons. The van der Waals surface area contributed by atoms with Gasteiger partial charge in [-0.15, -0.1) is 0 Å². The van der Waals surface area contributed by atoms with Crippen LogP contribution in [0.25, 0.3) is 6.08 Å². The first-order chi connectivity index (χ1) is 8.87. The molecular weight excluding hydrogens is 248 g/mol. The second-order valence-corrected chi connectivity index (χ2v) is 11.3. The van der Waals surface area contributed by atoms with Crippen molar-refractivity contribution in [3.8, 4) is 0 Å². The zero-order chi connectivity index (χ0) is 14.1. The second-order valence-electron chi connectivity index (χ2n) is 6.67. The van der Waals surface area contributed by atoms with E-state index in [2.05, 4.69) is 70.3 Å². The molecule has 1 aliphatic carbocycles. The molecule has 0 radical (unpaired) electrons. The van der Waals surface area contributed by atoms with Crippen LogP contribution in [-0.2, 0) is 4.43 Å². The van der Waals surface area contributed by atoms with Crippen LogP contribution in [0.2, 0.25) is 18.1 Å². The first-order valence-electron chi connectivity index (χ1n) is 7.32. The lowest BCUT2D eigenvalue weighted by Crippen LogP contribution is -2.43. The molecule has 1 nitrogen and oxygen atoms in total. The van der Waals surface area contributed by atoms with Gasteiger partial charge in [0.05, 0.1) is 6.10 Å². The minimum absolute atomic E-state index is 0.161. The summed E-state index contributed by atoms with van der Waals surface area (Å²) in [7, 11) is -1.74. The van der Waals surface area contributed by atoms with Gasteiger partial charge in [0.2, 0.25) is 0 Å². The minimum atomic E-state index is -1.74. The Morgan fingerprint density at radius 3 is 2.58 bits per heavy atom. The lowest BCUT2D eigenvalue weighted by Gasteiger charge is -2.41. The van der Waals surface area contributed by atoms with Crippen LogP contribution in [0.3, 0.4) is 0 Å². The largest absolute Gasteiger partial charge is 0.406 e. The van der Waals surface area contributed by atoms with Crippen LogP contribution >= 0.6 is 0 Å². The molecule has 0 saturated carbocycles. The van der Waals surface area contributed by atoms with Crippen molar-refractivity contribution in [1.82, 2.24) is 0 Å². The van der Waals surface area contributed by atoms with Crippen LogP contribution in [0, 0.1) is 0 Å². The lowest BCUT2D eigenvalue weighted by molar-refractivity contribution is 0.227. The van der Waals surface area contributed by atoms with Crippen molar-refractivity contribution in [2.75, 3.05) is 0 Å². The molecule has 0 aromatic heterocycles. The highest BCUT2D eigenvalue weighted by Gasteiger charge is 2.42. The van der Waals surface area contributed by atoms with E-state index >= 15 is 0 Å². The molecule has 2 rings (SSSR count). The van der Waals surface area contributed by atoms with Gasteiger partial charge >= 0.3 is 0 Å². The maximum absolute atomic E-state index is 6.59. The van der Waals surface area contributed by atoms with Gasteiger partial charge in [-0.1, -0.05) is 63.6 Å². The van der Waals surface area contributed by atoms with Gasteiger partial charge in [0, 0.05) is 0 Å². The van der Waals surface area contributed by atoms with Gasteiger partial charge in [-0.05, 0) is 35.7 Å². The Balaban J connectivity index is 2.16. The molecule has 1 atom stereocenters. The predicted molar refractivity (Wildman–Crippen MR) is 85.7 cm³/mol. The molecule has 1 aromatic rings. The highest BCUT2D eigenvalue weighted by atomic mass is 28.4. The minimum Gasteiger partial charge on any atom is -0.406 e. The van der Waals surface area contributed by atoms with E-state index in [0.29, 0.717) is 5.04 Å². The van der Waals surface area contributed by atoms with Gasteiger partial charge < -0.3 is 4.43 Å². The molecule has 19 heavy (non-hydrogen) atoms. The van der Waals surface area contributed by atoms with E-state index in [1.165, 1.54) is 24.0 Å². The molecule has 0 bridgehead atoms. The number of hydrogen-bond donors (Lipinski definition) is 0. The summed E-state index contributed by atoms with van der Waals surface area (Å²) in [5, 5.41) is 0.313. The Morgan fingerprint density at radius 1 is 1.21 bits per heavy atom. The third kappa shape index (κ3) is 2.85. The first kappa shape index (κ1) is 14.5. The van der Waals surface area contributed by atoms with Crippen LogP contribution in [-0.4, -0.2) is 8.32 Å². The Labute approximate surface area is 118 Å². The monoisotopic (exact) mass is 274 g/mol. The Morgan fingerprint density at radius 2 is 1.89 bits per heavy atom. The molecule has 1 unspecified atom stereocenters. The van der Waals surface area contributed by atoms with E-state index in [1.54, 1.807) is 0 Å². The van der Waals surface area contributed by atoms with E-state index in [9.17, 15) is 0 Å². The van der Waals surface area contributed by atoms with E-state index in [1.807, 2.05) is 0 Å². The van der Waals surface area contributed by atoms with Crippen LogP contribution < -0.4 is 0 Å². The molecule has 0 spiro atoms. The molecule has 0 heterocycles. The average Bonchev–Trinajstić information content (AvgIpc) is 2.72. The fourth-order valence-electron chi connectivity index (χ4n) is 2.72. The Bertz CT molecular complexity index is 474. The normalized spacial score (nSPS) is 18.7. The zero-order valence-electron chi connectivity index (χ0n) is 12.9. The van der Waals surface area contributed by atoms with Crippen molar-refractivity contribution in [3.63, 3.8) is 0 Å². The number of fused-ring (bicyclic) bond motifs is 1. The third-order valence-electron chi connectivity index (χ3n) is 4.68. The summed E-state index contributed by atoms with van der Waals surface area (Å²) >= 11 is 0. The van der Waals surface area contributed by atoms with Gasteiger partial charge in [-0.25, -0.2) is 0 Å². The second kappa shape index (κ2) is 5.26. The molecule has 0 saturated heterocycles. The van der Waals surface area contributed by atoms with Crippen molar-refractivity contribution in [3.05, 3.63) is 41.5 Å². The SMILES string of the molecule is CCCC(C)(C)[Si](C)(C)OC1C=Cc2ccccc21. The molecule has 0 N–H and O–H groups in total. The lowest BCUT2D eigenvalue weighted by atomic mass is 10.1. The molecule has 1 aliphatic rings. The summed E-state index contributed by atoms with van der Waals surface area (Å²) in [5.41, 5.74) is 2.64. The van der Waals surface area contributed by atoms with Crippen LogP contribution in [0.1, 0.15) is 50.8 Å². The zero-order valence-corrected chi connectivity index (χ0v) is 13.9. The van der Waals surface area contributed by atoms with Crippen molar-refractivity contribution in [2.24, 2.45) is 0 Å². The summed E-state index contributed by atoms with van der Waals surface area (Å²) in [6.07, 6.45) is 7.03. The quantitative estimate of drug-likeness (QED) is 0.639. The number of hydrogen-bond acceptors (Lipinski definition) is 1. The molecule has 1 aromatic carbocycles. The number of benzene rings is 1. The Kier molecular flexibility index (Phi) is 4.02. The average molecular weight is 274 g/mol. The smallest absolute Gasteiger partial charge is 0.193 e. The highest BCUT2D eigenvalue weighted by molar-refractivity contribution is 6.74. The summed E-state index contributed by atoms with van der Waals surface area (Å²) in [5.74, 6) is 0. The van der Waals surface area contributed by atoms with Crippen molar-refractivity contribution in [2.45, 2.75) is 57.8 Å². The maximum atomic E-state index is 6.59. The molecule has 0 fully saturated rings. The first-order valence-corrected chi connectivity index (χ1v) is 10.2. The van der Waals surface area contributed by atoms with Crippen LogP contribution in [0.5, 0.6) is 0 Å². The fraction of sp³-hybridized carbons (Fsp3) is 0.529. The van der Waals surface area contributed by atoms with Gasteiger partial charge in [-0.3, -0.25) is 0 Å². The predicted octanol–water partition coefficient (Wildman–Crippen LogP) is 5.56. The summed E-state index contributed by atoms with van der Waals surface area (Å²) in [6.45, 7) is 11.7. The van der Waals surface area contributed by atoms with E-state index < -0.39 is 8.32 Å². The third-order valence-corrected chi connectivity index (χ3v) is 9.03. The van der Waals surface area contributed by atoms with E-state index in [-0.39, 0.29) is 6.10 Å². The molecular formula is C17H26OSi. The fourth-order valence-corrected chi connectivity index (χ4v) is 4.73. The van der Waals surface area contributed by atoms with Crippen molar-refractivity contribution < 1.29 is 4.43 Å². The molecule has 0 aliphatic heterocycles. The van der Waals surface area contributed by atoms with Gasteiger partial charge in [0.15, 0.2) is 8.32 Å².